The highest BCUT2D eigenvalue weighted by atomic mass is 16.3. The molecular weight excluding hydrogens is 208 g/mol. The topological polar surface area (TPSA) is 94.0 Å². The molecular formula is C10H24N4O2. The number of hydrogen-bond donors (Lipinski definition) is 2. The van der Waals surface area contributed by atoms with Crippen LogP contribution in [0, 0.1) is 0 Å². The lowest BCUT2D eigenvalue weighted by Crippen LogP contribution is -2.14. The summed E-state index contributed by atoms with van der Waals surface area (Å²) < 4.78 is 1.47. The van der Waals surface area contributed by atoms with Crippen molar-refractivity contribution in [2.45, 2.75) is 47.3 Å². The molecule has 0 spiro atoms. The van der Waals surface area contributed by atoms with Gasteiger partial charge in [0.2, 0.25) is 5.91 Å². The Morgan fingerprint density at radius 1 is 1.50 bits per heavy atom. The zero-order valence-electron chi connectivity index (χ0n) is 10.5. The van der Waals surface area contributed by atoms with Gasteiger partial charge in [-0.1, -0.05) is 32.9 Å². The zero-order chi connectivity index (χ0) is 13.0. The number of hydrogen-bond acceptors (Lipinski definition) is 4. The molecule has 1 amide bonds. The summed E-state index contributed by atoms with van der Waals surface area (Å²) in [4.78, 5) is 10.4. The first kappa shape index (κ1) is 17.0. The van der Waals surface area contributed by atoms with Crippen LogP contribution in [-0.4, -0.2) is 26.0 Å². The molecule has 0 atom stereocenters. The minimum absolute atomic E-state index is 0. The largest absolute Gasteiger partial charge is 0.390 e. The molecule has 6 nitrogen and oxygen atoms in total. The molecule has 0 unspecified atom stereocenters. The number of aryl methyl sites for hydroxylation is 1. The second-order valence-corrected chi connectivity index (χ2v) is 2.35. The van der Waals surface area contributed by atoms with Gasteiger partial charge in [-0.25, -0.2) is 0 Å². The van der Waals surface area contributed by atoms with Gasteiger partial charge in [0, 0.05) is 7.85 Å². The number of nitrogens with zero attached hydrogens (tertiary/aromatic N) is 3. The van der Waals surface area contributed by atoms with Crippen LogP contribution in [0.5, 0.6) is 0 Å². The van der Waals surface area contributed by atoms with Gasteiger partial charge in [-0.05, 0) is 0 Å². The Morgan fingerprint density at radius 2 is 2.06 bits per heavy atom. The van der Waals surface area contributed by atoms with E-state index in [0.717, 1.165) is 0 Å². The highest BCUT2D eigenvalue weighted by molar-refractivity contribution is 5.73. The fourth-order valence-electron chi connectivity index (χ4n) is 0.745. The maximum atomic E-state index is 10.4. The first-order valence-corrected chi connectivity index (χ1v) is 5.50. The van der Waals surface area contributed by atoms with Gasteiger partial charge < -0.3 is 10.8 Å². The van der Waals surface area contributed by atoms with Crippen molar-refractivity contribution in [3.8, 4) is 0 Å². The van der Waals surface area contributed by atoms with Gasteiger partial charge in [-0.3, -0.25) is 9.48 Å². The molecule has 0 saturated heterocycles. The number of amides is 1. The van der Waals surface area contributed by atoms with E-state index in [4.69, 9.17) is 10.8 Å². The number of rotatable bonds is 4. The van der Waals surface area contributed by atoms with Gasteiger partial charge >= 0.3 is 0 Å². The van der Waals surface area contributed by atoms with Gasteiger partial charge in [0.25, 0.3) is 0 Å². The summed E-state index contributed by atoms with van der Waals surface area (Å²) in [5.74, 6) is -0.379. The Bertz CT molecular complexity index is 279. The molecule has 1 aromatic heterocycles. The third-order valence-electron chi connectivity index (χ3n) is 1.34. The summed E-state index contributed by atoms with van der Waals surface area (Å²) in [5.41, 5.74) is 5.42. The van der Waals surface area contributed by atoms with Gasteiger partial charge in [0.1, 0.15) is 5.69 Å². The number of aliphatic hydroxyl groups is 1. The Balaban J connectivity index is -0.000000355. The fourth-order valence-corrected chi connectivity index (χ4v) is 0.745. The van der Waals surface area contributed by atoms with Gasteiger partial charge in [0.05, 0.1) is 19.3 Å². The Hall–Kier alpha value is -1.43. The van der Waals surface area contributed by atoms with Crippen molar-refractivity contribution in [2.24, 2.45) is 5.73 Å². The van der Waals surface area contributed by atoms with Crippen LogP contribution < -0.4 is 5.73 Å². The molecule has 0 aliphatic heterocycles. The lowest BCUT2D eigenvalue weighted by Gasteiger charge is -1.94. The molecule has 96 valence electrons. The monoisotopic (exact) mass is 232 g/mol. The molecule has 1 rings (SSSR count). The molecule has 0 aliphatic rings. The second-order valence-electron chi connectivity index (χ2n) is 2.35. The standard InChI is InChI=1S/C6H10N4O2.2C2H6.H2/c7-6(12)1-2-10-3-5(4-11)8-9-10;2*1-2;/h3,11H,1-2,4H2,(H2,7,12);2*1-2H3;1H. The van der Waals surface area contributed by atoms with E-state index in [0.29, 0.717) is 12.2 Å². The highest BCUT2D eigenvalue weighted by Gasteiger charge is 1.99. The van der Waals surface area contributed by atoms with E-state index < -0.39 is 0 Å². The van der Waals surface area contributed by atoms with Crippen LogP contribution in [0.1, 0.15) is 41.2 Å². The van der Waals surface area contributed by atoms with Gasteiger partial charge in [0.15, 0.2) is 0 Å². The maximum absolute atomic E-state index is 10.4. The second kappa shape index (κ2) is 11.6. The van der Waals surface area contributed by atoms with E-state index >= 15 is 0 Å². The Labute approximate surface area is 97.9 Å². The lowest BCUT2D eigenvalue weighted by atomic mass is 10.4. The SMILES string of the molecule is CC.CC.NC(=O)CCn1cc(CO)nn1.[HH]. The van der Waals surface area contributed by atoms with Crippen molar-refractivity contribution in [2.75, 3.05) is 0 Å². The predicted molar refractivity (Wildman–Crippen MR) is 64.6 cm³/mol. The predicted octanol–water partition coefficient (Wildman–Crippen LogP) is 0.944. The van der Waals surface area contributed by atoms with E-state index in [2.05, 4.69) is 10.3 Å². The lowest BCUT2D eigenvalue weighted by molar-refractivity contribution is -0.118. The van der Waals surface area contributed by atoms with Crippen LogP contribution in [-0.2, 0) is 17.9 Å². The zero-order valence-corrected chi connectivity index (χ0v) is 10.5. The smallest absolute Gasteiger partial charge is 0.219 e. The Morgan fingerprint density at radius 3 is 2.44 bits per heavy atom. The summed E-state index contributed by atoms with van der Waals surface area (Å²) in [6.45, 7) is 8.26. The molecule has 1 heterocycles. The molecule has 3 N–H and O–H groups in total. The van der Waals surface area contributed by atoms with Gasteiger partial charge in [-0.2, -0.15) is 0 Å². The molecule has 1 aromatic rings. The molecule has 6 heteroatoms. The van der Waals surface area contributed by atoms with Crippen molar-refractivity contribution in [1.29, 1.82) is 0 Å². The third kappa shape index (κ3) is 7.93. The number of aliphatic hydroxyl groups excluding tert-OH is 1. The molecule has 0 aliphatic carbocycles. The van der Waals surface area contributed by atoms with Crippen LogP contribution in [0.3, 0.4) is 0 Å². The number of aromatic nitrogens is 3. The first-order valence-electron chi connectivity index (χ1n) is 5.50. The van der Waals surface area contributed by atoms with Crippen molar-refractivity contribution in [3.05, 3.63) is 11.9 Å². The van der Waals surface area contributed by atoms with Crippen molar-refractivity contribution in [1.82, 2.24) is 15.0 Å². The average molecular weight is 232 g/mol. The van der Waals surface area contributed by atoms with Crippen molar-refractivity contribution < 1.29 is 11.3 Å². The highest BCUT2D eigenvalue weighted by Crippen LogP contribution is 1.93. The summed E-state index contributed by atoms with van der Waals surface area (Å²) >= 11 is 0. The summed E-state index contributed by atoms with van der Waals surface area (Å²) in [5, 5.41) is 15.9. The summed E-state index contributed by atoms with van der Waals surface area (Å²) in [6.07, 6.45) is 1.80. The van der Waals surface area contributed by atoms with Crippen LogP contribution in [0.2, 0.25) is 0 Å². The van der Waals surface area contributed by atoms with Crippen LogP contribution >= 0.6 is 0 Å². The number of carbonyl (C=O) groups is 1. The minimum atomic E-state index is -0.379. The molecule has 0 saturated carbocycles. The first-order chi connectivity index (χ1) is 7.72. The van der Waals surface area contributed by atoms with Crippen molar-refractivity contribution >= 4 is 5.91 Å². The quantitative estimate of drug-likeness (QED) is 0.808. The summed E-state index contributed by atoms with van der Waals surface area (Å²) in [6, 6.07) is 0. The fraction of sp³-hybridized carbons (Fsp3) is 0.700. The average Bonchev–Trinajstić information content (AvgIpc) is 2.79. The van der Waals surface area contributed by atoms with Crippen LogP contribution in [0.4, 0.5) is 0 Å². The van der Waals surface area contributed by atoms with E-state index in [1.807, 2.05) is 27.7 Å². The Kier molecular flexibility index (Phi) is 12.4. The van der Waals surface area contributed by atoms with E-state index in [1.54, 1.807) is 6.20 Å². The van der Waals surface area contributed by atoms with E-state index in [1.165, 1.54) is 4.68 Å². The van der Waals surface area contributed by atoms with E-state index in [-0.39, 0.29) is 20.4 Å². The molecule has 0 fully saturated rings. The number of primary amides is 1. The van der Waals surface area contributed by atoms with E-state index in [9.17, 15) is 4.79 Å². The number of carbonyl (C=O) groups excluding carboxylic acids is 1. The van der Waals surface area contributed by atoms with Crippen LogP contribution in [0.15, 0.2) is 6.20 Å². The van der Waals surface area contributed by atoms with Gasteiger partial charge in [-0.15, -0.1) is 5.10 Å². The maximum Gasteiger partial charge on any atom is 0.219 e. The normalized spacial score (nSPS) is 8.31. The number of nitrogens with two attached hydrogens (primary N) is 1. The molecule has 0 bridgehead atoms. The minimum Gasteiger partial charge on any atom is -0.390 e. The molecule has 16 heavy (non-hydrogen) atoms. The van der Waals surface area contributed by atoms with Crippen molar-refractivity contribution in [3.63, 3.8) is 0 Å². The van der Waals surface area contributed by atoms with Crippen LogP contribution in [0.25, 0.3) is 0 Å². The summed E-state index contributed by atoms with van der Waals surface area (Å²) in [7, 11) is 0. The molecule has 0 radical (unpaired) electrons. The third-order valence-corrected chi connectivity index (χ3v) is 1.34. The molecule has 0 aromatic carbocycles.